The molecule has 2 aromatic heterocycles. The van der Waals surface area contributed by atoms with Crippen molar-refractivity contribution in [1.29, 1.82) is 0 Å². The first kappa shape index (κ1) is 19.8. The molecule has 0 unspecified atom stereocenters. The predicted octanol–water partition coefficient (Wildman–Crippen LogP) is 4.39. The molecular weight excluding hydrogens is 432 g/mol. The molecule has 32 heavy (non-hydrogen) atoms. The number of aromatic nitrogens is 1. The van der Waals surface area contributed by atoms with E-state index in [0.29, 0.717) is 22.0 Å². The highest BCUT2D eigenvalue weighted by atomic mass is 32.1. The Kier molecular flexibility index (Phi) is 4.67. The van der Waals surface area contributed by atoms with Gasteiger partial charge in [-0.3, -0.25) is 14.5 Å². The first-order valence-electron chi connectivity index (χ1n) is 9.56. The molecule has 1 atom stereocenters. The van der Waals surface area contributed by atoms with E-state index in [1.54, 1.807) is 43.5 Å². The number of thiazole rings is 1. The van der Waals surface area contributed by atoms with E-state index in [1.165, 1.54) is 40.7 Å². The number of hydrogen-bond acceptors (Lipinski definition) is 8. The molecule has 2 N–H and O–H groups in total. The minimum atomic E-state index is -0.955. The Morgan fingerprint density at radius 1 is 1.16 bits per heavy atom. The lowest BCUT2D eigenvalue weighted by atomic mass is 9.95. The molecule has 0 radical (unpaired) electrons. The maximum absolute atomic E-state index is 13.2. The highest BCUT2D eigenvalue weighted by molar-refractivity contribution is 7.22. The number of carbonyl (C=O) groups is 2. The van der Waals surface area contributed by atoms with Crippen molar-refractivity contribution in [2.75, 3.05) is 12.0 Å². The third kappa shape index (κ3) is 3.10. The number of aromatic hydroxyl groups is 1. The number of methoxy groups -OCH3 is 1. The highest BCUT2D eigenvalue weighted by Crippen LogP contribution is 2.44. The lowest BCUT2D eigenvalue weighted by Gasteiger charge is -2.24. The van der Waals surface area contributed by atoms with E-state index in [9.17, 15) is 19.8 Å². The van der Waals surface area contributed by atoms with Crippen molar-refractivity contribution in [2.24, 2.45) is 0 Å². The average Bonchev–Trinajstić information content (AvgIpc) is 3.52. The number of hydrogen-bond donors (Lipinski definition) is 2. The van der Waals surface area contributed by atoms with Crippen LogP contribution in [0.25, 0.3) is 10.2 Å². The number of anilines is 1. The minimum absolute atomic E-state index is 0.000912. The Hall–Kier alpha value is -4.11. The smallest absolute Gasteiger partial charge is 0.296 e. The number of ether oxygens (including phenoxy) is 1. The molecule has 0 aliphatic carbocycles. The first-order chi connectivity index (χ1) is 15.5. The van der Waals surface area contributed by atoms with Crippen molar-refractivity contribution in [3.8, 4) is 11.5 Å². The summed E-state index contributed by atoms with van der Waals surface area (Å²) < 4.78 is 11.3. The van der Waals surface area contributed by atoms with Gasteiger partial charge < -0.3 is 19.4 Å². The Morgan fingerprint density at radius 3 is 2.62 bits per heavy atom. The molecule has 9 heteroatoms. The van der Waals surface area contributed by atoms with Gasteiger partial charge in [-0.2, -0.15) is 0 Å². The number of carbonyl (C=O) groups excluding carboxylic acids is 2. The molecule has 3 heterocycles. The summed E-state index contributed by atoms with van der Waals surface area (Å²) in [4.78, 5) is 32.2. The van der Waals surface area contributed by atoms with Gasteiger partial charge in [0.15, 0.2) is 16.7 Å². The number of nitrogens with zero attached hydrogens (tertiary/aromatic N) is 2. The number of benzene rings is 2. The quantitative estimate of drug-likeness (QED) is 0.436. The number of amides is 1. The monoisotopic (exact) mass is 448 g/mol. The van der Waals surface area contributed by atoms with Gasteiger partial charge in [-0.25, -0.2) is 4.98 Å². The molecule has 0 fully saturated rings. The van der Waals surface area contributed by atoms with Crippen molar-refractivity contribution in [3.63, 3.8) is 0 Å². The summed E-state index contributed by atoms with van der Waals surface area (Å²) in [7, 11) is 1.56. The van der Waals surface area contributed by atoms with E-state index in [2.05, 4.69) is 4.98 Å². The van der Waals surface area contributed by atoms with Gasteiger partial charge in [0.1, 0.15) is 11.5 Å². The topological polar surface area (TPSA) is 113 Å². The second kappa shape index (κ2) is 7.54. The molecular formula is C23H16N2O6S. The van der Waals surface area contributed by atoms with E-state index < -0.39 is 23.5 Å². The summed E-state index contributed by atoms with van der Waals surface area (Å²) in [6.07, 6.45) is 1.34. The van der Waals surface area contributed by atoms with E-state index in [1.807, 2.05) is 0 Å². The zero-order valence-electron chi connectivity index (χ0n) is 16.7. The molecule has 0 saturated carbocycles. The molecule has 0 spiro atoms. The van der Waals surface area contributed by atoms with Gasteiger partial charge in [0.25, 0.3) is 5.91 Å². The van der Waals surface area contributed by atoms with Crippen molar-refractivity contribution in [3.05, 3.63) is 83.5 Å². The van der Waals surface area contributed by atoms with Crippen molar-refractivity contribution in [1.82, 2.24) is 4.98 Å². The van der Waals surface area contributed by atoms with Crippen LogP contribution >= 0.6 is 11.3 Å². The third-order valence-electron chi connectivity index (χ3n) is 5.20. The second-order valence-corrected chi connectivity index (χ2v) is 8.08. The number of aliphatic hydroxyl groups is 1. The van der Waals surface area contributed by atoms with Crippen LogP contribution in [0.3, 0.4) is 0 Å². The van der Waals surface area contributed by atoms with E-state index in [0.717, 1.165) is 4.70 Å². The van der Waals surface area contributed by atoms with Gasteiger partial charge in [0.2, 0.25) is 5.78 Å². The molecule has 5 rings (SSSR count). The molecule has 4 aromatic rings. The van der Waals surface area contributed by atoms with Crippen LogP contribution in [-0.2, 0) is 4.79 Å². The number of furan rings is 1. The van der Waals surface area contributed by atoms with Crippen molar-refractivity contribution in [2.45, 2.75) is 6.04 Å². The lowest BCUT2D eigenvalue weighted by Crippen LogP contribution is -2.30. The van der Waals surface area contributed by atoms with Gasteiger partial charge in [-0.15, -0.1) is 0 Å². The maximum Gasteiger partial charge on any atom is 0.296 e. The fourth-order valence-electron chi connectivity index (χ4n) is 3.67. The average molecular weight is 448 g/mol. The molecule has 1 aliphatic heterocycles. The molecule has 2 aromatic carbocycles. The number of phenols is 1. The standard InChI is InChI=1S/C23H16N2O6S/c1-30-14-8-9-15-17(11-14)32-23(24-15)25-19(12-4-6-13(26)7-5-12)18(21(28)22(25)29)20(27)16-3-2-10-31-16/h2-11,19,26,28H,1H3/t19-/m1/s1. The number of ketones is 1. The van der Waals surface area contributed by atoms with Crippen LogP contribution in [0.5, 0.6) is 11.5 Å². The Bertz CT molecular complexity index is 1370. The van der Waals surface area contributed by atoms with Gasteiger partial charge in [-0.1, -0.05) is 23.5 Å². The van der Waals surface area contributed by atoms with Crippen LogP contribution in [0.2, 0.25) is 0 Å². The van der Waals surface area contributed by atoms with Gasteiger partial charge in [0.05, 0.1) is 35.2 Å². The van der Waals surface area contributed by atoms with Crippen molar-refractivity contribution >= 4 is 38.4 Å². The third-order valence-corrected chi connectivity index (χ3v) is 6.21. The summed E-state index contributed by atoms with van der Waals surface area (Å²) >= 11 is 1.23. The van der Waals surface area contributed by atoms with Crippen LogP contribution in [0.15, 0.2) is 76.6 Å². The summed E-state index contributed by atoms with van der Waals surface area (Å²) in [6, 6.07) is 13.5. The summed E-state index contributed by atoms with van der Waals surface area (Å²) in [5, 5.41) is 20.8. The number of phenolic OH excluding ortho intramolecular Hbond substituents is 1. The van der Waals surface area contributed by atoms with Crippen LogP contribution in [-0.4, -0.2) is 34.0 Å². The molecule has 160 valence electrons. The van der Waals surface area contributed by atoms with Crippen molar-refractivity contribution < 1.29 is 29.0 Å². The van der Waals surface area contributed by atoms with E-state index >= 15 is 0 Å². The molecule has 0 bridgehead atoms. The number of Topliss-reactive ketones (excluding diaryl/α,β-unsaturated/α-hetero) is 1. The predicted molar refractivity (Wildman–Crippen MR) is 117 cm³/mol. The van der Waals surface area contributed by atoms with Crippen LogP contribution in [0.4, 0.5) is 5.13 Å². The highest BCUT2D eigenvalue weighted by Gasteiger charge is 2.46. The number of fused-ring (bicyclic) bond motifs is 1. The zero-order valence-corrected chi connectivity index (χ0v) is 17.5. The fourth-order valence-corrected chi connectivity index (χ4v) is 4.69. The molecule has 8 nitrogen and oxygen atoms in total. The number of rotatable bonds is 5. The normalized spacial score (nSPS) is 16.2. The SMILES string of the molecule is COc1ccc2nc(N3C(=O)C(O)=C(C(=O)c4ccco4)[C@H]3c3ccc(O)cc3)sc2c1. The van der Waals surface area contributed by atoms with Gasteiger partial charge in [0, 0.05) is 0 Å². The molecule has 1 aliphatic rings. The van der Waals surface area contributed by atoms with Crippen LogP contribution in [0.1, 0.15) is 22.2 Å². The summed E-state index contributed by atoms with van der Waals surface area (Å²) in [5.74, 6) is -1.34. The fraction of sp³-hybridized carbons (Fsp3) is 0.0870. The molecule has 1 amide bonds. The summed E-state index contributed by atoms with van der Waals surface area (Å²) in [5.41, 5.74) is 1.05. The van der Waals surface area contributed by atoms with Crippen LogP contribution in [0, 0.1) is 0 Å². The Balaban J connectivity index is 1.67. The Morgan fingerprint density at radius 2 is 1.94 bits per heavy atom. The molecule has 0 saturated heterocycles. The van der Waals surface area contributed by atoms with Crippen LogP contribution < -0.4 is 9.64 Å². The second-order valence-electron chi connectivity index (χ2n) is 7.07. The minimum Gasteiger partial charge on any atom is -0.508 e. The van der Waals surface area contributed by atoms with Gasteiger partial charge >= 0.3 is 0 Å². The van der Waals surface area contributed by atoms with E-state index in [-0.39, 0.29) is 17.1 Å². The maximum atomic E-state index is 13.2. The first-order valence-corrected chi connectivity index (χ1v) is 10.4. The largest absolute Gasteiger partial charge is 0.508 e. The lowest BCUT2D eigenvalue weighted by molar-refractivity contribution is -0.117. The van der Waals surface area contributed by atoms with Gasteiger partial charge in [-0.05, 0) is 48.0 Å². The summed E-state index contributed by atoms with van der Waals surface area (Å²) in [6.45, 7) is 0. The number of aliphatic hydroxyl groups excluding tert-OH is 1. The Labute approximate surface area is 185 Å². The zero-order chi connectivity index (χ0) is 22.4. The van der Waals surface area contributed by atoms with E-state index in [4.69, 9.17) is 9.15 Å².